The first kappa shape index (κ1) is 15.9. The van der Waals surface area contributed by atoms with Crippen LogP contribution >= 0.6 is 11.8 Å². The highest BCUT2D eigenvalue weighted by Crippen LogP contribution is 2.25. The van der Waals surface area contributed by atoms with Crippen LogP contribution in [0.4, 0.5) is 11.4 Å². The Labute approximate surface area is 142 Å². The summed E-state index contributed by atoms with van der Waals surface area (Å²) in [6.07, 6.45) is 2.54. The number of nitrogens with zero attached hydrogens (tertiary/aromatic N) is 1. The zero-order chi connectivity index (χ0) is 16.1. The molecule has 1 heterocycles. The van der Waals surface area contributed by atoms with Gasteiger partial charge in [0.25, 0.3) is 0 Å². The van der Waals surface area contributed by atoms with Crippen molar-refractivity contribution in [2.24, 2.45) is 0 Å². The van der Waals surface area contributed by atoms with Gasteiger partial charge in [0, 0.05) is 29.4 Å². The summed E-state index contributed by atoms with van der Waals surface area (Å²) in [5.41, 5.74) is 2.10. The van der Waals surface area contributed by atoms with Gasteiger partial charge in [0.1, 0.15) is 0 Å². The summed E-state index contributed by atoms with van der Waals surface area (Å²) in [5.74, 6) is 0.0350. The summed E-state index contributed by atoms with van der Waals surface area (Å²) in [6, 6.07) is 18.2. The molecule has 0 radical (unpaired) electrons. The number of rotatable bonds is 5. The quantitative estimate of drug-likeness (QED) is 0.826. The summed E-state index contributed by atoms with van der Waals surface area (Å²) < 4.78 is 0. The highest BCUT2D eigenvalue weighted by molar-refractivity contribution is 8.00. The van der Waals surface area contributed by atoms with Gasteiger partial charge in [0.15, 0.2) is 0 Å². The van der Waals surface area contributed by atoms with E-state index in [1.54, 1.807) is 11.8 Å². The molecule has 4 heteroatoms. The van der Waals surface area contributed by atoms with E-state index in [0.717, 1.165) is 23.7 Å². The number of nitrogens with one attached hydrogen (secondary N) is 1. The van der Waals surface area contributed by atoms with Crippen molar-refractivity contribution in [3.8, 4) is 0 Å². The molecular weight excluding hydrogens is 304 g/mol. The third-order valence-corrected chi connectivity index (χ3v) is 5.14. The Balaban J connectivity index is 1.56. The molecule has 0 spiro atoms. The van der Waals surface area contributed by atoms with Crippen LogP contribution in [0.1, 0.15) is 19.8 Å². The van der Waals surface area contributed by atoms with Gasteiger partial charge < -0.3 is 10.2 Å². The maximum Gasteiger partial charge on any atom is 0.237 e. The Kier molecular flexibility index (Phi) is 5.23. The first-order chi connectivity index (χ1) is 11.2. The van der Waals surface area contributed by atoms with Crippen LogP contribution in [0.2, 0.25) is 0 Å². The lowest BCUT2D eigenvalue weighted by Gasteiger charge is -2.18. The molecule has 0 unspecified atom stereocenters. The number of benzene rings is 2. The van der Waals surface area contributed by atoms with E-state index >= 15 is 0 Å². The Hall–Kier alpha value is -1.94. The van der Waals surface area contributed by atoms with Crippen LogP contribution in [0.25, 0.3) is 0 Å². The molecule has 2 aromatic rings. The average molecular weight is 326 g/mol. The Morgan fingerprint density at radius 3 is 2.35 bits per heavy atom. The second-order valence-corrected chi connectivity index (χ2v) is 7.22. The smallest absolute Gasteiger partial charge is 0.237 e. The summed E-state index contributed by atoms with van der Waals surface area (Å²) in [6.45, 7) is 4.21. The van der Waals surface area contributed by atoms with Gasteiger partial charge in [-0.3, -0.25) is 4.79 Å². The van der Waals surface area contributed by atoms with Gasteiger partial charge in [0.2, 0.25) is 5.91 Å². The van der Waals surface area contributed by atoms with Crippen molar-refractivity contribution in [3.63, 3.8) is 0 Å². The number of hydrogen-bond donors (Lipinski definition) is 1. The van der Waals surface area contributed by atoms with Gasteiger partial charge in [0.05, 0.1) is 5.25 Å². The van der Waals surface area contributed by atoms with E-state index in [0.29, 0.717) is 0 Å². The molecule has 1 aliphatic rings. The maximum absolute atomic E-state index is 12.3. The number of thioether (sulfide) groups is 1. The Morgan fingerprint density at radius 1 is 1.04 bits per heavy atom. The van der Waals surface area contributed by atoms with E-state index in [-0.39, 0.29) is 11.2 Å². The molecule has 23 heavy (non-hydrogen) atoms. The minimum absolute atomic E-state index is 0.0350. The molecule has 0 aromatic heterocycles. The van der Waals surface area contributed by atoms with E-state index in [9.17, 15) is 4.79 Å². The largest absolute Gasteiger partial charge is 0.372 e. The van der Waals surface area contributed by atoms with E-state index in [1.807, 2.05) is 49.4 Å². The summed E-state index contributed by atoms with van der Waals surface area (Å²) in [4.78, 5) is 15.8. The third kappa shape index (κ3) is 4.29. The molecule has 3 rings (SSSR count). The summed E-state index contributed by atoms with van der Waals surface area (Å²) in [5, 5.41) is 2.87. The highest BCUT2D eigenvalue weighted by atomic mass is 32.2. The number of amides is 1. The molecule has 0 bridgehead atoms. The molecule has 1 fully saturated rings. The minimum Gasteiger partial charge on any atom is -0.372 e. The lowest BCUT2D eigenvalue weighted by Crippen LogP contribution is -2.22. The summed E-state index contributed by atoms with van der Waals surface area (Å²) >= 11 is 1.57. The second kappa shape index (κ2) is 7.55. The zero-order valence-electron chi connectivity index (χ0n) is 13.4. The van der Waals surface area contributed by atoms with Crippen molar-refractivity contribution in [1.82, 2.24) is 0 Å². The standard InChI is InChI=1S/C19H22N2OS/c1-15(23-18-7-3-2-4-8-18)19(22)20-16-9-11-17(12-10-16)21-13-5-6-14-21/h2-4,7-12,15H,5-6,13-14H2,1H3,(H,20,22)/t15-/m0/s1. The fourth-order valence-corrected chi connectivity index (χ4v) is 3.62. The van der Waals surface area contributed by atoms with E-state index in [2.05, 4.69) is 22.3 Å². The van der Waals surface area contributed by atoms with E-state index < -0.39 is 0 Å². The van der Waals surface area contributed by atoms with E-state index in [4.69, 9.17) is 0 Å². The van der Waals surface area contributed by atoms with Crippen LogP contribution in [0.5, 0.6) is 0 Å². The van der Waals surface area contributed by atoms with Crippen molar-refractivity contribution in [3.05, 3.63) is 54.6 Å². The molecule has 120 valence electrons. The van der Waals surface area contributed by atoms with Crippen molar-refractivity contribution in [2.45, 2.75) is 29.9 Å². The number of carbonyl (C=O) groups excluding carboxylic acids is 1. The molecule has 1 aliphatic heterocycles. The Morgan fingerprint density at radius 2 is 1.70 bits per heavy atom. The topological polar surface area (TPSA) is 32.3 Å². The van der Waals surface area contributed by atoms with Gasteiger partial charge in [-0.2, -0.15) is 0 Å². The van der Waals surface area contributed by atoms with Gasteiger partial charge in [-0.25, -0.2) is 0 Å². The number of carbonyl (C=O) groups is 1. The second-order valence-electron chi connectivity index (χ2n) is 5.80. The predicted molar refractivity (Wildman–Crippen MR) is 98.3 cm³/mol. The van der Waals surface area contributed by atoms with Crippen LogP contribution in [0, 0.1) is 0 Å². The van der Waals surface area contributed by atoms with Crippen LogP contribution in [-0.4, -0.2) is 24.2 Å². The highest BCUT2D eigenvalue weighted by Gasteiger charge is 2.15. The lowest BCUT2D eigenvalue weighted by atomic mass is 10.2. The fourth-order valence-electron chi connectivity index (χ4n) is 2.73. The predicted octanol–water partition coefficient (Wildman–Crippen LogP) is 4.41. The van der Waals surface area contributed by atoms with Crippen LogP contribution in [0.15, 0.2) is 59.5 Å². The molecule has 1 N–H and O–H groups in total. The first-order valence-electron chi connectivity index (χ1n) is 8.10. The van der Waals surface area contributed by atoms with Crippen molar-refractivity contribution in [2.75, 3.05) is 23.3 Å². The van der Waals surface area contributed by atoms with Crippen molar-refractivity contribution >= 4 is 29.0 Å². The van der Waals surface area contributed by atoms with Gasteiger partial charge in [-0.05, 0) is 56.2 Å². The van der Waals surface area contributed by atoms with Crippen molar-refractivity contribution < 1.29 is 4.79 Å². The third-order valence-electron chi connectivity index (χ3n) is 4.03. The first-order valence-corrected chi connectivity index (χ1v) is 8.98. The van der Waals surface area contributed by atoms with Gasteiger partial charge >= 0.3 is 0 Å². The molecule has 1 amide bonds. The normalized spacial score (nSPS) is 15.4. The molecule has 1 atom stereocenters. The minimum atomic E-state index is -0.129. The Bertz CT molecular complexity index is 636. The molecule has 2 aromatic carbocycles. The van der Waals surface area contributed by atoms with Crippen LogP contribution in [0.3, 0.4) is 0 Å². The van der Waals surface area contributed by atoms with Gasteiger partial charge in [-0.15, -0.1) is 11.8 Å². The van der Waals surface area contributed by atoms with E-state index in [1.165, 1.54) is 18.5 Å². The summed E-state index contributed by atoms with van der Waals surface area (Å²) in [7, 11) is 0. The maximum atomic E-state index is 12.3. The molecular formula is C19H22N2OS. The zero-order valence-corrected chi connectivity index (χ0v) is 14.2. The SMILES string of the molecule is C[C@H](Sc1ccccc1)C(=O)Nc1ccc(N2CCCC2)cc1. The lowest BCUT2D eigenvalue weighted by molar-refractivity contribution is -0.115. The monoisotopic (exact) mass is 326 g/mol. The fraction of sp³-hybridized carbons (Fsp3) is 0.316. The average Bonchev–Trinajstić information content (AvgIpc) is 3.11. The number of anilines is 2. The van der Waals surface area contributed by atoms with Crippen LogP contribution < -0.4 is 10.2 Å². The molecule has 1 saturated heterocycles. The molecule has 0 saturated carbocycles. The number of hydrogen-bond acceptors (Lipinski definition) is 3. The molecule has 0 aliphatic carbocycles. The van der Waals surface area contributed by atoms with Crippen LogP contribution in [-0.2, 0) is 4.79 Å². The van der Waals surface area contributed by atoms with Crippen molar-refractivity contribution in [1.29, 1.82) is 0 Å². The molecule has 3 nitrogen and oxygen atoms in total. The van der Waals surface area contributed by atoms with Gasteiger partial charge in [-0.1, -0.05) is 18.2 Å².